The summed E-state index contributed by atoms with van der Waals surface area (Å²) in [5.41, 5.74) is 18.4. The highest BCUT2D eigenvalue weighted by molar-refractivity contribution is 6.13. The zero-order valence-electron chi connectivity index (χ0n) is 38.8. The summed E-state index contributed by atoms with van der Waals surface area (Å²) >= 11 is 0. The smallest absolute Gasteiger partial charge is 0.187 e. The van der Waals surface area contributed by atoms with Crippen LogP contribution in [0.25, 0.3) is 132 Å². The Balaban J connectivity index is 1.11. The van der Waals surface area contributed by atoms with Gasteiger partial charge in [0, 0.05) is 49.4 Å². The first-order chi connectivity index (χ1) is 35.6. The molecule has 6 heteroatoms. The van der Waals surface area contributed by atoms with Gasteiger partial charge in [0.25, 0.3) is 0 Å². The molecule has 0 radical (unpaired) electrons. The van der Waals surface area contributed by atoms with E-state index in [0.717, 1.165) is 106 Å². The molecule has 0 bridgehead atoms. The third-order valence-corrected chi connectivity index (χ3v) is 13.8. The van der Waals surface area contributed by atoms with Gasteiger partial charge in [-0.3, -0.25) is 0 Å². The van der Waals surface area contributed by atoms with Crippen LogP contribution in [0.5, 0.6) is 0 Å². The molecule has 0 N–H and O–H groups in total. The van der Waals surface area contributed by atoms with Crippen molar-refractivity contribution in [3.63, 3.8) is 0 Å². The molecular weight excluding hydrogens is 877 g/mol. The summed E-state index contributed by atoms with van der Waals surface area (Å²) < 4.78 is 4.81. The van der Waals surface area contributed by atoms with Crippen molar-refractivity contribution in [3.8, 4) is 78.7 Å². The van der Waals surface area contributed by atoms with E-state index in [2.05, 4.69) is 177 Å². The van der Waals surface area contributed by atoms with Crippen molar-refractivity contribution in [3.05, 3.63) is 265 Å². The molecule has 3 aromatic heterocycles. The summed E-state index contributed by atoms with van der Waals surface area (Å²) in [5.74, 6) is 0.620. The highest BCUT2D eigenvalue weighted by Gasteiger charge is 2.23. The van der Waals surface area contributed by atoms with Crippen LogP contribution in [-0.2, 0) is 0 Å². The fraction of sp³-hybridized carbons (Fsp3) is 0. The summed E-state index contributed by atoms with van der Waals surface area (Å²) in [6.45, 7) is 15.2. The van der Waals surface area contributed by atoms with Crippen molar-refractivity contribution in [2.75, 3.05) is 0 Å². The van der Waals surface area contributed by atoms with E-state index >= 15 is 0 Å². The van der Waals surface area contributed by atoms with Crippen LogP contribution < -0.4 is 0 Å². The lowest BCUT2D eigenvalue weighted by molar-refractivity contribution is 1.15. The van der Waals surface area contributed by atoms with Gasteiger partial charge < -0.3 is 9.13 Å². The van der Waals surface area contributed by atoms with Gasteiger partial charge in [0.2, 0.25) is 0 Å². The Morgan fingerprint density at radius 1 is 0.292 bits per heavy atom. The number of hydrogen-bond donors (Lipinski definition) is 0. The van der Waals surface area contributed by atoms with Crippen LogP contribution in [0.3, 0.4) is 0 Å². The Morgan fingerprint density at radius 3 is 1.24 bits per heavy atom. The molecule has 0 aliphatic rings. The Bertz CT molecular complexity index is 4100. The van der Waals surface area contributed by atoms with Crippen LogP contribution >= 0.6 is 0 Å². The van der Waals surface area contributed by atoms with Gasteiger partial charge in [-0.2, -0.15) is 0 Å². The number of para-hydroxylation sites is 3. The van der Waals surface area contributed by atoms with Crippen molar-refractivity contribution in [1.29, 1.82) is 0 Å². The number of hydrogen-bond acceptors (Lipinski definition) is 2. The highest BCUT2D eigenvalue weighted by atomic mass is 15.0. The largest absolute Gasteiger partial charge is 0.309 e. The van der Waals surface area contributed by atoms with Gasteiger partial charge in [-0.1, -0.05) is 188 Å². The first-order valence-electron chi connectivity index (χ1n) is 23.9. The molecule has 0 atom stereocenters. The van der Waals surface area contributed by atoms with Crippen molar-refractivity contribution < 1.29 is 0 Å². The van der Waals surface area contributed by atoms with Crippen LogP contribution in [-0.4, -0.2) is 19.1 Å². The zero-order chi connectivity index (χ0) is 48.1. The van der Waals surface area contributed by atoms with E-state index in [9.17, 15) is 0 Å². The zero-order valence-corrected chi connectivity index (χ0v) is 38.8. The normalized spacial score (nSPS) is 11.3. The highest BCUT2D eigenvalue weighted by Crippen LogP contribution is 2.44. The summed E-state index contributed by atoms with van der Waals surface area (Å²) in [4.78, 5) is 18.0. The molecule has 0 aliphatic carbocycles. The molecule has 0 spiro atoms. The lowest BCUT2D eigenvalue weighted by Gasteiger charge is -2.20. The van der Waals surface area contributed by atoms with Gasteiger partial charge in [0.1, 0.15) is 0 Å². The van der Waals surface area contributed by atoms with Crippen LogP contribution in [0.4, 0.5) is 11.4 Å². The first kappa shape index (κ1) is 42.0. The Kier molecular flexibility index (Phi) is 10.2. The Hall–Kier alpha value is -10.1. The topological polar surface area (TPSA) is 44.4 Å². The third kappa shape index (κ3) is 7.19. The molecule has 0 saturated heterocycles. The number of fused-ring (bicyclic) bond motifs is 6. The van der Waals surface area contributed by atoms with Gasteiger partial charge in [0.15, 0.2) is 17.2 Å². The monoisotopic (exact) mass is 916 g/mol. The molecular formula is C66H40N6. The minimum absolute atomic E-state index is 0.605. The van der Waals surface area contributed by atoms with Gasteiger partial charge >= 0.3 is 0 Å². The predicted molar refractivity (Wildman–Crippen MR) is 296 cm³/mol. The predicted octanol–water partition coefficient (Wildman–Crippen LogP) is 17.8. The third-order valence-electron chi connectivity index (χ3n) is 13.8. The molecule has 0 aliphatic heterocycles. The molecule has 0 fully saturated rings. The van der Waals surface area contributed by atoms with Crippen molar-refractivity contribution in [2.45, 2.75) is 0 Å². The van der Waals surface area contributed by atoms with E-state index in [0.29, 0.717) is 17.2 Å². The second kappa shape index (κ2) is 17.4. The van der Waals surface area contributed by atoms with E-state index in [-0.39, 0.29) is 0 Å². The average molecular weight is 917 g/mol. The summed E-state index contributed by atoms with van der Waals surface area (Å²) in [6, 6.07) is 84.4. The number of benzene rings is 10. The van der Waals surface area contributed by atoms with Crippen molar-refractivity contribution in [2.24, 2.45) is 0 Å². The minimum Gasteiger partial charge on any atom is -0.309 e. The SMILES string of the molecule is [C-]#[N+]c1ccc(-c2ccc3c(c2)c2cc(-c4ccc([N+]#[C-])cc4)ccc2n3-c2cc(-c3nc(-c4ccccc4)cc(-c4ccccc4)n3)ccc2-c2ccccc2-n2c3ccccc3c3ccccc32)cc1. The lowest BCUT2D eigenvalue weighted by Crippen LogP contribution is -2.03. The number of nitrogens with zero attached hydrogens (tertiary/aromatic N) is 6. The summed E-state index contributed by atoms with van der Waals surface area (Å²) in [7, 11) is 0. The quantitative estimate of drug-likeness (QED) is 0.143. The van der Waals surface area contributed by atoms with E-state index in [1.807, 2.05) is 84.9 Å². The van der Waals surface area contributed by atoms with Crippen LogP contribution in [0.2, 0.25) is 0 Å². The van der Waals surface area contributed by atoms with E-state index in [4.69, 9.17) is 23.1 Å². The number of rotatable bonds is 8. The fourth-order valence-electron chi connectivity index (χ4n) is 10.4. The van der Waals surface area contributed by atoms with Crippen LogP contribution in [0, 0.1) is 13.1 Å². The maximum atomic E-state index is 7.59. The van der Waals surface area contributed by atoms with E-state index in [1.165, 1.54) is 10.8 Å². The molecule has 10 aromatic carbocycles. The minimum atomic E-state index is 0.605. The molecule has 0 amide bonds. The number of aromatic nitrogens is 4. The van der Waals surface area contributed by atoms with Gasteiger partial charge in [0.05, 0.1) is 58.0 Å². The summed E-state index contributed by atoms with van der Waals surface area (Å²) in [6.07, 6.45) is 0. The van der Waals surface area contributed by atoms with Gasteiger partial charge in [-0.05, 0) is 76.9 Å². The molecule has 0 saturated carbocycles. The summed E-state index contributed by atoms with van der Waals surface area (Å²) in [5, 5.41) is 4.56. The molecule has 334 valence electrons. The molecule has 72 heavy (non-hydrogen) atoms. The van der Waals surface area contributed by atoms with E-state index in [1.54, 1.807) is 0 Å². The van der Waals surface area contributed by atoms with Crippen molar-refractivity contribution >= 4 is 55.0 Å². The second-order valence-electron chi connectivity index (χ2n) is 17.9. The second-order valence-corrected chi connectivity index (χ2v) is 17.9. The Labute approximate surface area is 416 Å². The first-order valence-corrected chi connectivity index (χ1v) is 23.9. The lowest BCUT2D eigenvalue weighted by atomic mass is 9.98. The molecule has 0 unspecified atom stereocenters. The van der Waals surface area contributed by atoms with Crippen LogP contribution in [0.15, 0.2) is 243 Å². The van der Waals surface area contributed by atoms with Crippen LogP contribution in [0.1, 0.15) is 0 Å². The van der Waals surface area contributed by atoms with Crippen molar-refractivity contribution in [1.82, 2.24) is 19.1 Å². The van der Waals surface area contributed by atoms with Gasteiger partial charge in [-0.25, -0.2) is 19.7 Å². The average Bonchev–Trinajstić information content (AvgIpc) is 3.97. The molecule has 13 aromatic rings. The molecule has 3 heterocycles. The molecule has 6 nitrogen and oxygen atoms in total. The van der Waals surface area contributed by atoms with Gasteiger partial charge in [-0.15, -0.1) is 0 Å². The fourth-order valence-corrected chi connectivity index (χ4v) is 10.4. The Morgan fingerprint density at radius 2 is 0.708 bits per heavy atom. The standard InChI is InChI=1S/C66H40N6/c1-67-50-32-25-43(26-33-50)47-30-37-63-56(39-47)57-40-48(44-27-34-51(68-2)35-28-44)31-38-64(57)72(63)65-41-49(66-69-58(45-15-5-3-6-16-45)42-59(70-66)46-17-7-4-8-18-46)29-36-55(65)54-21-11-14-24-62(54)71-60-22-12-9-19-52(60)53-20-10-13-23-61(53)71/h3-42H. The molecule has 13 rings (SSSR count). The maximum absolute atomic E-state index is 7.59. The maximum Gasteiger partial charge on any atom is 0.187 e. The van der Waals surface area contributed by atoms with E-state index < -0.39 is 0 Å².